The summed E-state index contributed by atoms with van der Waals surface area (Å²) in [6, 6.07) is 1.65. The van der Waals surface area contributed by atoms with Gasteiger partial charge in [-0.15, -0.1) is 0 Å². The van der Waals surface area contributed by atoms with Crippen LogP contribution in [0, 0.1) is 5.92 Å². The van der Waals surface area contributed by atoms with Gasteiger partial charge in [-0.2, -0.15) is 0 Å². The third-order valence-electron chi connectivity index (χ3n) is 6.60. The molecule has 0 bridgehead atoms. The first kappa shape index (κ1) is 15.4. The Bertz CT molecular complexity index is 349. The van der Waals surface area contributed by atoms with Gasteiger partial charge in [0.15, 0.2) is 0 Å². The van der Waals surface area contributed by atoms with E-state index < -0.39 is 0 Å². The maximum atomic E-state index is 3.68. The molecule has 0 saturated carbocycles. The van der Waals surface area contributed by atoms with Crippen LogP contribution < -0.4 is 5.32 Å². The molecule has 22 heavy (non-hydrogen) atoms. The van der Waals surface area contributed by atoms with Crippen LogP contribution in [0.25, 0.3) is 0 Å². The summed E-state index contributed by atoms with van der Waals surface area (Å²) in [5.41, 5.74) is 0. The van der Waals surface area contributed by atoms with Crippen LogP contribution >= 0.6 is 0 Å². The molecule has 4 aliphatic rings. The van der Waals surface area contributed by atoms with Crippen LogP contribution in [0.1, 0.15) is 38.5 Å². The van der Waals surface area contributed by atoms with Gasteiger partial charge >= 0.3 is 0 Å². The minimum absolute atomic E-state index is 0.793. The summed E-state index contributed by atoms with van der Waals surface area (Å²) in [5.74, 6) is 0.900. The van der Waals surface area contributed by atoms with Gasteiger partial charge < -0.3 is 10.2 Å². The van der Waals surface area contributed by atoms with Crippen molar-refractivity contribution in [3.05, 3.63) is 0 Å². The molecular formula is C18H34N4. The van der Waals surface area contributed by atoms with E-state index in [0.717, 1.165) is 18.0 Å². The van der Waals surface area contributed by atoms with Gasteiger partial charge in [-0.25, -0.2) is 0 Å². The highest BCUT2D eigenvalue weighted by Gasteiger charge is 2.37. The molecule has 4 saturated heterocycles. The highest BCUT2D eigenvalue weighted by Crippen LogP contribution is 2.27. The molecule has 3 atom stereocenters. The van der Waals surface area contributed by atoms with Crippen molar-refractivity contribution in [2.45, 2.75) is 50.6 Å². The molecule has 0 aromatic carbocycles. The lowest BCUT2D eigenvalue weighted by Gasteiger charge is -2.40. The van der Waals surface area contributed by atoms with Gasteiger partial charge in [-0.1, -0.05) is 0 Å². The van der Waals surface area contributed by atoms with Crippen molar-refractivity contribution in [2.75, 3.05) is 58.9 Å². The van der Waals surface area contributed by atoms with Gasteiger partial charge in [-0.3, -0.25) is 9.80 Å². The largest absolute Gasteiger partial charge is 0.315 e. The van der Waals surface area contributed by atoms with Gasteiger partial charge in [0.25, 0.3) is 0 Å². The second-order valence-corrected chi connectivity index (χ2v) is 8.01. The van der Waals surface area contributed by atoms with E-state index in [1.165, 1.54) is 97.4 Å². The maximum Gasteiger partial charge on any atom is 0.0262 e. The molecule has 4 rings (SSSR count). The number of likely N-dealkylation sites (tertiary alicyclic amines) is 3. The summed E-state index contributed by atoms with van der Waals surface area (Å²) in [6.45, 7) is 11.9. The summed E-state index contributed by atoms with van der Waals surface area (Å²) >= 11 is 0. The van der Waals surface area contributed by atoms with Crippen LogP contribution in [0.4, 0.5) is 0 Å². The van der Waals surface area contributed by atoms with Crippen molar-refractivity contribution in [3.63, 3.8) is 0 Å². The van der Waals surface area contributed by atoms with Crippen LogP contribution in [0.5, 0.6) is 0 Å². The minimum Gasteiger partial charge on any atom is -0.315 e. The molecule has 1 N–H and O–H groups in total. The number of hydrogen-bond acceptors (Lipinski definition) is 4. The van der Waals surface area contributed by atoms with Crippen molar-refractivity contribution >= 4 is 0 Å². The molecular weight excluding hydrogens is 272 g/mol. The molecule has 0 amide bonds. The highest BCUT2D eigenvalue weighted by atomic mass is 15.3. The average molecular weight is 306 g/mol. The normalized spacial score (nSPS) is 39.0. The number of nitrogens with zero attached hydrogens (tertiary/aromatic N) is 3. The van der Waals surface area contributed by atoms with Gasteiger partial charge in [-0.05, 0) is 77.2 Å². The van der Waals surface area contributed by atoms with Crippen molar-refractivity contribution in [1.29, 1.82) is 0 Å². The van der Waals surface area contributed by atoms with Crippen molar-refractivity contribution < 1.29 is 0 Å². The monoisotopic (exact) mass is 306 g/mol. The molecule has 4 nitrogen and oxygen atoms in total. The first-order chi connectivity index (χ1) is 10.9. The number of nitrogens with one attached hydrogen (secondary N) is 1. The molecule has 0 radical (unpaired) electrons. The Morgan fingerprint density at radius 1 is 0.818 bits per heavy atom. The summed E-state index contributed by atoms with van der Waals surface area (Å²) in [7, 11) is 0. The molecule has 0 aromatic rings. The second-order valence-electron chi connectivity index (χ2n) is 8.01. The summed E-state index contributed by atoms with van der Waals surface area (Å²) in [5, 5.41) is 3.68. The van der Waals surface area contributed by atoms with E-state index in [9.17, 15) is 0 Å². The zero-order chi connectivity index (χ0) is 14.8. The van der Waals surface area contributed by atoms with E-state index in [0.29, 0.717) is 0 Å². The first-order valence-corrected chi connectivity index (χ1v) is 9.81. The second kappa shape index (κ2) is 7.16. The third-order valence-corrected chi connectivity index (χ3v) is 6.60. The van der Waals surface area contributed by atoms with E-state index in [4.69, 9.17) is 0 Å². The Balaban J connectivity index is 1.34. The SMILES string of the molecule is C1CCN(CC2CCNCC2N2CCC(N3CCCC3)C2)C1. The van der Waals surface area contributed by atoms with Crippen LogP contribution in [0.2, 0.25) is 0 Å². The zero-order valence-corrected chi connectivity index (χ0v) is 14.2. The smallest absolute Gasteiger partial charge is 0.0262 e. The molecule has 4 heteroatoms. The topological polar surface area (TPSA) is 21.8 Å². The summed E-state index contributed by atoms with van der Waals surface area (Å²) in [4.78, 5) is 8.35. The van der Waals surface area contributed by atoms with E-state index in [2.05, 4.69) is 20.0 Å². The summed E-state index contributed by atoms with van der Waals surface area (Å²) < 4.78 is 0. The lowest BCUT2D eigenvalue weighted by molar-refractivity contribution is 0.103. The molecule has 0 spiro atoms. The Hall–Kier alpha value is -0.160. The van der Waals surface area contributed by atoms with E-state index in [1.54, 1.807) is 0 Å². The third kappa shape index (κ3) is 3.35. The number of piperidine rings is 1. The highest BCUT2D eigenvalue weighted by molar-refractivity contribution is 4.94. The Morgan fingerprint density at radius 2 is 1.59 bits per heavy atom. The van der Waals surface area contributed by atoms with Crippen molar-refractivity contribution in [3.8, 4) is 0 Å². The Morgan fingerprint density at radius 3 is 2.41 bits per heavy atom. The fourth-order valence-corrected chi connectivity index (χ4v) is 5.31. The Labute approximate surface area is 136 Å². The molecule has 126 valence electrons. The van der Waals surface area contributed by atoms with Gasteiger partial charge in [0.05, 0.1) is 0 Å². The zero-order valence-electron chi connectivity index (χ0n) is 14.2. The minimum atomic E-state index is 0.793. The van der Waals surface area contributed by atoms with Gasteiger partial charge in [0.1, 0.15) is 0 Å². The maximum absolute atomic E-state index is 3.68. The average Bonchev–Trinajstić information content (AvgIpc) is 3.30. The lowest BCUT2D eigenvalue weighted by atomic mass is 9.91. The van der Waals surface area contributed by atoms with Crippen molar-refractivity contribution in [2.24, 2.45) is 5.92 Å². The number of rotatable bonds is 4. The standard InChI is InChI=1S/C18H34N4/c1-2-9-20(8-1)14-16-5-7-19-13-18(16)22-12-6-17(15-22)21-10-3-4-11-21/h16-19H,1-15H2. The van der Waals surface area contributed by atoms with Crippen LogP contribution in [0.3, 0.4) is 0 Å². The van der Waals surface area contributed by atoms with E-state index in [-0.39, 0.29) is 0 Å². The fourth-order valence-electron chi connectivity index (χ4n) is 5.31. The van der Waals surface area contributed by atoms with Crippen LogP contribution in [-0.4, -0.2) is 85.7 Å². The van der Waals surface area contributed by atoms with Crippen molar-refractivity contribution in [1.82, 2.24) is 20.0 Å². The molecule has 3 unspecified atom stereocenters. The lowest BCUT2D eigenvalue weighted by Crippen LogP contribution is -2.53. The molecule has 4 fully saturated rings. The Kier molecular flexibility index (Phi) is 5.01. The molecule has 0 aromatic heterocycles. The van der Waals surface area contributed by atoms with Crippen LogP contribution in [-0.2, 0) is 0 Å². The van der Waals surface area contributed by atoms with E-state index in [1.807, 2.05) is 0 Å². The number of hydrogen-bond donors (Lipinski definition) is 1. The van der Waals surface area contributed by atoms with Gasteiger partial charge in [0, 0.05) is 38.3 Å². The fraction of sp³-hybridized carbons (Fsp3) is 1.00. The summed E-state index contributed by atoms with van der Waals surface area (Å²) in [6.07, 6.45) is 8.50. The quantitative estimate of drug-likeness (QED) is 0.843. The van der Waals surface area contributed by atoms with E-state index >= 15 is 0 Å². The van der Waals surface area contributed by atoms with Crippen LogP contribution in [0.15, 0.2) is 0 Å². The first-order valence-electron chi connectivity index (χ1n) is 9.81. The molecule has 4 aliphatic heterocycles. The molecule has 0 aliphatic carbocycles. The molecule has 4 heterocycles. The predicted molar refractivity (Wildman–Crippen MR) is 91.2 cm³/mol. The van der Waals surface area contributed by atoms with Gasteiger partial charge in [0.2, 0.25) is 0 Å². The predicted octanol–water partition coefficient (Wildman–Crippen LogP) is 1.23.